The third kappa shape index (κ3) is 3.57. The number of nitrogens with one attached hydrogen (secondary N) is 2. The minimum Gasteiger partial charge on any atom is -0.391 e. The van der Waals surface area contributed by atoms with E-state index in [0.717, 1.165) is 47.7 Å². The highest BCUT2D eigenvalue weighted by atomic mass is 16.3. The van der Waals surface area contributed by atoms with E-state index in [1.807, 2.05) is 13.1 Å². The van der Waals surface area contributed by atoms with Gasteiger partial charge in [-0.15, -0.1) is 0 Å². The SMILES string of the molecule is Cc1ccc(-c2[nH]ncc2CN2C[C@@H](Cc3cc(C)[nH]n3)[C@H](O)C2)cc1. The number of β-amino-alcohol motifs (C(OH)–C–C–N with tert-alkyl or cyclic N) is 1. The number of H-pyrrole nitrogens is 2. The van der Waals surface area contributed by atoms with Crippen molar-refractivity contribution in [1.82, 2.24) is 25.3 Å². The molecular weight excluding hydrogens is 326 g/mol. The zero-order chi connectivity index (χ0) is 18.1. The smallest absolute Gasteiger partial charge is 0.0711 e. The Balaban J connectivity index is 1.44. The number of aromatic amines is 2. The Hall–Kier alpha value is -2.44. The molecule has 3 N–H and O–H groups in total. The summed E-state index contributed by atoms with van der Waals surface area (Å²) in [4.78, 5) is 2.30. The molecule has 26 heavy (non-hydrogen) atoms. The summed E-state index contributed by atoms with van der Waals surface area (Å²) in [5, 5.41) is 25.1. The summed E-state index contributed by atoms with van der Waals surface area (Å²) >= 11 is 0. The van der Waals surface area contributed by atoms with Gasteiger partial charge in [-0.2, -0.15) is 10.2 Å². The van der Waals surface area contributed by atoms with Crippen molar-refractivity contribution in [3.05, 3.63) is 59.0 Å². The number of aliphatic hydroxyl groups excluding tert-OH is 1. The quantitative estimate of drug-likeness (QED) is 0.660. The van der Waals surface area contributed by atoms with Crippen LogP contribution in [0.5, 0.6) is 0 Å². The van der Waals surface area contributed by atoms with E-state index in [1.54, 1.807) is 0 Å². The van der Waals surface area contributed by atoms with Crippen molar-refractivity contribution in [1.29, 1.82) is 0 Å². The third-order valence-electron chi connectivity index (χ3n) is 5.16. The van der Waals surface area contributed by atoms with Crippen LogP contribution in [0.25, 0.3) is 11.3 Å². The maximum absolute atomic E-state index is 10.5. The van der Waals surface area contributed by atoms with Gasteiger partial charge >= 0.3 is 0 Å². The fraction of sp³-hybridized carbons (Fsp3) is 0.400. The summed E-state index contributed by atoms with van der Waals surface area (Å²) in [6.45, 7) is 6.43. The lowest BCUT2D eigenvalue weighted by Crippen LogP contribution is -2.21. The fourth-order valence-corrected chi connectivity index (χ4v) is 3.76. The van der Waals surface area contributed by atoms with Gasteiger partial charge in [0, 0.05) is 36.8 Å². The van der Waals surface area contributed by atoms with Gasteiger partial charge in [-0.05, 0) is 31.9 Å². The molecule has 1 saturated heterocycles. The summed E-state index contributed by atoms with van der Waals surface area (Å²) in [6, 6.07) is 10.5. The minimum absolute atomic E-state index is 0.215. The molecule has 0 radical (unpaired) electrons. The highest BCUT2D eigenvalue weighted by molar-refractivity contribution is 5.62. The maximum atomic E-state index is 10.5. The van der Waals surface area contributed by atoms with Crippen LogP contribution < -0.4 is 0 Å². The normalized spacial score (nSPS) is 20.7. The first-order valence-electron chi connectivity index (χ1n) is 9.09. The molecule has 3 aromatic rings. The van der Waals surface area contributed by atoms with E-state index < -0.39 is 0 Å². The molecule has 4 rings (SSSR count). The second-order valence-electron chi connectivity index (χ2n) is 7.40. The van der Waals surface area contributed by atoms with Crippen molar-refractivity contribution >= 4 is 0 Å². The molecule has 2 aromatic heterocycles. The summed E-state index contributed by atoms with van der Waals surface area (Å²) < 4.78 is 0. The molecule has 0 aliphatic carbocycles. The number of nitrogens with zero attached hydrogens (tertiary/aromatic N) is 3. The topological polar surface area (TPSA) is 80.8 Å². The standard InChI is InChI=1S/C20H25N5O/c1-13-3-5-15(6-4-13)20-17(9-21-24-20)11-25-10-16(19(26)12-25)8-18-7-14(2)22-23-18/h3-7,9,16,19,26H,8,10-12H2,1-2H3,(H,21,24)(H,22,23)/t16-,19-/m1/s1. The van der Waals surface area contributed by atoms with Gasteiger partial charge < -0.3 is 5.11 Å². The number of aryl methyl sites for hydroxylation is 2. The number of benzene rings is 1. The molecule has 6 heteroatoms. The molecule has 3 heterocycles. The highest BCUT2D eigenvalue weighted by Gasteiger charge is 2.32. The van der Waals surface area contributed by atoms with E-state index in [2.05, 4.69) is 62.6 Å². The second kappa shape index (κ2) is 7.05. The Bertz CT molecular complexity index is 866. The molecule has 1 aromatic carbocycles. The Morgan fingerprint density at radius 2 is 1.96 bits per heavy atom. The molecule has 0 saturated carbocycles. The number of likely N-dealkylation sites (tertiary alicyclic amines) is 1. The van der Waals surface area contributed by atoms with Gasteiger partial charge in [0.15, 0.2) is 0 Å². The lowest BCUT2D eigenvalue weighted by Gasteiger charge is -2.15. The van der Waals surface area contributed by atoms with E-state index in [1.165, 1.54) is 5.56 Å². The van der Waals surface area contributed by atoms with E-state index in [0.29, 0.717) is 6.54 Å². The van der Waals surface area contributed by atoms with Gasteiger partial charge in [0.2, 0.25) is 0 Å². The van der Waals surface area contributed by atoms with Crippen molar-refractivity contribution in [2.75, 3.05) is 13.1 Å². The first kappa shape index (κ1) is 17.0. The monoisotopic (exact) mass is 351 g/mol. The minimum atomic E-state index is -0.318. The van der Waals surface area contributed by atoms with Crippen molar-refractivity contribution in [3.8, 4) is 11.3 Å². The van der Waals surface area contributed by atoms with Gasteiger partial charge in [0.1, 0.15) is 0 Å². The van der Waals surface area contributed by atoms with Crippen molar-refractivity contribution in [2.45, 2.75) is 32.9 Å². The molecule has 6 nitrogen and oxygen atoms in total. The molecule has 0 amide bonds. The Morgan fingerprint density at radius 1 is 1.15 bits per heavy atom. The summed E-state index contributed by atoms with van der Waals surface area (Å²) in [6.07, 6.45) is 2.38. The van der Waals surface area contributed by atoms with Crippen LogP contribution in [0.4, 0.5) is 0 Å². The largest absolute Gasteiger partial charge is 0.391 e. The molecule has 0 unspecified atom stereocenters. The van der Waals surface area contributed by atoms with Gasteiger partial charge in [0.05, 0.1) is 23.7 Å². The van der Waals surface area contributed by atoms with Gasteiger partial charge in [0.25, 0.3) is 0 Å². The first-order valence-corrected chi connectivity index (χ1v) is 9.09. The first-order chi connectivity index (χ1) is 12.6. The summed E-state index contributed by atoms with van der Waals surface area (Å²) in [5.41, 5.74) is 6.70. The van der Waals surface area contributed by atoms with E-state index in [4.69, 9.17) is 0 Å². The lowest BCUT2D eigenvalue weighted by atomic mass is 10.00. The van der Waals surface area contributed by atoms with Crippen LogP contribution in [0.3, 0.4) is 0 Å². The number of hydrogen-bond acceptors (Lipinski definition) is 4. The van der Waals surface area contributed by atoms with Crippen molar-refractivity contribution in [2.24, 2.45) is 5.92 Å². The Kier molecular flexibility index (Phi) is 4.61. The number of aliphatic hydroxyl groups is 1. The van der Waals surface area contributed by atoms with Crippen molar-refractivity contribution in [3.63, 3.8) is 0 Å². The van der Waals surface area contributed by atoms with E-state index >= 15 is 0 Å². The zero-order valence-corrected chi connectivity index (χ0v) is 15.2. The highest BCUT2D eigenvalue weighted by Crippen LogP contribution is 2.26. The fourth-order valence-electron chi connectivity index (χ4n) is 3.76. The molecule has 1 aliphatic heterocycles. The molecule has 1 fully saturated rings. The molecule has 136 valence electrons. The number of rotatable bonds is 5. The van der Waals surface area contributed by atoms with Gasteiger partial charge in [-0.25, -0.2) is 0 Å². The average molecular weight is 351 g/mol. The van der Waals surface area contributed by atoms with Crippen molar-refractivity contribution < 1.29 is 5.11 Å². The van der Waals surface area contributed by atoms with Crippen LogP contribution >= 0.6 is 0 Å². The van der Waals surface area contributed by atoms with Crippen LogP contribution in [0, 0.1) is 19.8 Å². The summed E-state index contributed by atoms with van der Waals surface area (Å²) in [5.74, 6) is 0.215. The van der Waals surface area contributed by atoms with Crippen LogP contribution in [0.1, 0.15) is 22.5 Å². The Morgan fingerprint density at radius 3 is 2.69 bits per heavy atom. The predicted octanol–water partition coefficient (Wildman–Crippen LogP) is 2.45. The van der Waals surface area contributed by atoms with Crippen LogP contribution in [-0.4, -0.2) is 49.6 Å². The lowest BCUT2D eigenvalue weighted by molar-refractivity contribution is 0.140. The Labute approximate surface area is 153 Å². The van der Waals surface area contributed by atoms with Crippen LogP contribution in [0.2, 0.25) is 0 Å². The van der Waals surface area contributed by atoms with Gasteiger partial charge in [-0.3, -0.25) is 15.1 Å². The van der Waals surface area contributed by atoms with Gasteiger partial charge in [-0.1, -0.05) is 29.8 Å². The second-order valence-corrected chi connectivity index (χ2v) is 7.40. The van der Waals surface area contributed by atoms with E-state index in [-0.39, 0.29) is 12.0 Å². The maximum Gasteiger partial charge on any atom is 0.0711 e. The molecule has 0 spiro atoms. The molecule has 1 aliphatic rings. The zero-order valence-electron chi connectivity index (χ0n) is 15.2. The van der Waals surface area contributed by atoms with Crippen LogP contribution in [0.15, 0.2) is 36.5 Å². The van der Waals surface area contributed by atoms with Crippen LogP contribution in [-0.2, 0) is 13.0 Å². The molecule has 0 bridgehead atoms. The number of aromatic nitrogens is 4. The van der Waals surface area contributed by atoms with E-state index in [9.17, 15) is 5.11 Å². The predicted molar refractivity (Wildman–Crippen MR) is 101 cm³/mol. The molecule has 2 atom stereocenters. The molecular formula is C20H25N5O. The summed E-state index contributed by atoms with van der Waals surface area (Å²) in [7, 11) is 0. The third-order valence-corrected chi connectivity index (χ3v) is 5.16. The number of hydrogen-bond donors (Lipinski definition) is 3. The average Bonchev–Trinajstić information content (AvgIpc) is 3.31.